The van der Waals surface area contributed by atoms with Crippen LogP contribution in [0.15, 0.2) is 60.9 Å². The maximum atomic E-state index is 13.0. The molecule has 4 heterocycles. The van der Waals surface area contributed by atoms with Gasteiger partial charge in [0.25, 0.3) is 0 Å². The Morgan fingerprint density at radius 2 is 1.69 bits per heavy atom. The molecule has 2 saturated heterocycles. The molecular formula is C29H30ClF2N5O2. The first-order chi connectivity index (χ1) is 18.9. The Morgan fingerprint density at radius 1 is 1.00 bits per heavy atom. The van der Waals surface area contributed by atoms with E-state index in [4.69, 9.17) is 21.6 Å². The molecule has 2 aliphatic rings. The van der Waals surface area contributed by atoms with Crippen LogP contribution in [0.4, 0.5) is 14.6 Å². The molecule has 39 heavy (non-hydrogen) atoms. The van der Waals surface area contributed by atoms with Crippen LogP contribution in [0.5, 0.6) is 5.88 Å². The normalized spacial score (nSPS) is 16.2. The number of nitrogens with zero attached hydrogens (tertiary/aromatic N) is 5. The minimum absolute atomic E-state index is 0.0708. The number of halogens is 3. The molecule has 0 N–H and O–H groups in total. The average Bonchev–Trinajstić information content (AvgIpc) is 2.99. The van der Waals surface area contributed by atoms with Gasteiger partial charge in [-0.3, -0.25) is 4.79 Å². The quantitative estimate of drug-likeness (QED) is 0.415. The third-order valence-corrected chi connectivity index (χ3v) is 7.18. The highest BCUT2D eigenvalue weighted by Gasteiger charge is 2.31. The van der Waals surface area contributed by atoms with Gasteiger partial charge in [-0.05, 0) is 61.9 Å². The van der Waals surface area contributed by atoms with Gasteiger partial charge in [-0.25, -0.2) is 18.7 Å². The predicted molar refractivity (Wildman–Crippen MR) is 144 cm³/mol. The molecule has 204 valence electrons. The molecule has 2 fully saturated rings. The summed E-state index contributed by atoms with van der Waals surface area (Å²) in [5.74, 6) is 0.589. The van der Waals surface area contributed by atoms with Gasteiger partial charge in [-0.1, -0.05) is 23.7 Å². The van der Waals surface area contributed by atoms with Gasteiger partial charge in [-0.15, -0.1) is 0 Å². The SMILES string of the molecule is Fc1ccccc1F.N#Cc1ccnc(N2CCC(C(=O)N3CCC(COc4ccc(Cl)cn4)CC3)CC2)c1. The molecule has 2 aromatic heterocycles. The van der Waals surface area contributed by atoms with Crippen LogP contribution in [0.1, 0.15) is 31.2 Å². The Labute approximate surface area is 232 Å². The first-order valence-corrected chi connectivity index (χ1v) is 13.3. The van der Waals surface area contributed by atoms with Gasteiger partial charge < -0.3 is 14.5 Å². The smallest absolute Gasteiger partial charge is 0.225 e. The molecule has 0 spiro atoms. The summed E-state index contributed by atoms with van der Waals surface area (Å²) in [6.45, 7) is 3.76. The van der Waals surface area contributed by atoms with Crippen LogP contribution < -0.4 is 9.64 Å². The third kappa shape index (κ3) is 8.11. The van der Waals surface area contributed by atoms with Gasteiger partial charge in [0.2, 0.25) is 11.8 Å². The lowest BCUT2D eigenvalue weighted by molar-refractivity contribution is -0.137. The number of aromatic nitrogens is 2. The van der Waals surface area contributed by atoms with E-state index in [1.165, 1.54) is 12.1 Å². The van der Waals surface area contributed by atoms with E-state index < -0.39 is 11.6 Å². The fraction of sp³-hybridized carbons (Fsp3) is 0.379. The van der Waals surface area contributed by atoms with Crippen LogP contribution in [-0.2, 0) is 4.79 Å². The van der Waals surface area contributed by atoms with Crippen LogP contribution in [-0.4, -0.2) is 53.6 Å². The molecule has 5 rings (SSSR count). The predicted octanol–water partition coefficient (Wildman–Crippen LogP) is 5.50. The fourth-order valence-electron chi connectivity index (χ4n) is 4.68. The lowest BCUT2D eigenvalue weighted by Crippen LogP contribution is -2.46. The summed E-state index contributed by atoms with van der Waals surface area (Å²) >= 11 is 5.85. The minimum atomic E-state index is -0.799. The maximum absolute atomic E-state index is 13.0. The number of likely N-dealkylation sites (tertiary alicyclic amines) is 1. The summed E-state index contributed by atoms with van der Waals surface area (Å²) in [6.07, 6.45) is 6.79. The standard InChI is InChI=1S/C23H26ClN5O2.C6H4F2/c24-20-1-2-22(27-15-20)31-16-17-4-9-29(10-5-17)23(30)19-6-11-28(12-7-19)21-13-18(14-25)3-8-26-21;7-5-3-1-2-4-6(5)8/h1-3,8,13,15,17,19H,4-7,9-12,16H2;1-4H. The number of anilines is 1. The summed E-state index contributed by atoms with van der Waals surface area (Å²) < 4.78 is 29.7. The Bertz CT molecular complexity index is 1250. The van der Waals surface area contributed by atoms with Crippen LogP contribution >= 0.6 is 11.6 Å². The van der Waals surface area contributed by atoms with Crippen molar-refractivity contribution in [3.05, 3.63) is 83.1 Å². The highest BCUT2D eigenvalue weighted by molar-refractivity contribution is 6.30. The van der Waals surface area contributed by atoms with Gasteiger partial charge in [0.15, 0.2) is 11.6 Å². The largest absolute Gasteiger partial charge is 0.477 e. The van der Waals surface area contributed by atoms with Gasteiger partial charge in [0.05, 0.1) is 23.3 Å². The number of hydrogen-bond donors (Lipinski definition) is 0. The number of carbonyl (C=O) groups excluding carboxylic acids is 1. The summed E-state index contributed by atoms with van der Waals surface area (Å²) in [5, 5.41) is 9.67. The number of benzene rings is 1. The van der Waals surface area contributed by atoms with Crippen molar-refractivity contribution >= 4 is 23.3 Å². The Kier molecular flexibility index (Phi) is 10.0. The molecule has 1 aromatic carbocycles. The van der Waals surface area contributed by atoms with Gasteiger partial charge in [-0.2, -0.15) is 5.26 Å². The van der Waals surface area contributed by atoms with Crippen molar-refractivity contribution in [3.63, 3.8) is 0 Å². The molecule has 1 amide bonds. The monoisotopic (exact) mass is 553 g/mol. The summed E-state index contributed by atoms with van der Waals surface area (Å²) in [7, 11) is 0. The molecule has 0 atom stereocenters. The molecule has 0 unspecified atom stereocenters. The third-order valence-electron chi connectivity index (χ3n) is 6.96. The summed E-state index contributed by atoms with van der Waals surface area (Å²) in [4.78, 5) is 25.7. The highest BCUT2D eigenvalue weighted by atomic mass is 35.5. The van der Waals surface area contributed by atoms with Crippen molar-refractivity contribution in [1.29, 1.82) is 5.26 Å². The second-order valence-electron chi connectivity index (χ2n) is 9.58. The summed E-state index contributed by atoms with van der Waals surface area (Å²) in [6, 6.07) is 14.3. The first-order valence-electron chi connectivity index (χ1n) is 13.0. The topological polar surface area (TPSA) is 82.4 Å². The maximum Gasteiger partial charge on any atom is 0.225 e. The van der Waals surface area contributed by atoms with Crippen LogP contribution in [0, 0.1) is 34.8 Å². The molecular weight excluding hydrogens is 524 g/mol. The van der Waals surface area contributed by atoms with E-state index in [9.17, 15) is 13.6 Å². The van der Waals surface area contributed by atoms with Crippen molar-refractivity contribution in [2.45, 2.75) is 25.7 Å². The zero-order chi connectivity index (χ0) is 27.6. The van der Waals surface area contributed by atoms with E-state index in [-0.39, 0.29) is 11.8 Å². The van der Waals surface area contributed by atoms with Crippen molar-refractivity contribution in [3.8, 4) is 11.9 Å². The van der Waals surface area contributed by atoms with E-state index >= 15 is 0 Å². The van der Waals surface area contributed by atoms with Crippen LogP contribution in [0.2, 0.25) is 5.02 Å². The zero-order valence-electron chi connectivity index (χ0n) is 21.5. The molecule has 2 aliphatic heterocycles. The number of amides is 1. The first kappa shape index (κ1) is 28.2. The van der Waals surface area contributed by atoms with Gasteiger partial charge in [0, 0.05) is 50.6 Å². The summed E-state index contributed by atoms with van der Waals surface area (Å²) in [5.41, 5.74) is 0.613. The number of ether oxygens (including phenoxy) is 1. The number of piperidine rings is 2. The molecule has 3 aromatic rings. The zero-order valence-corrected chi connectivity index (χ0v) is 22.2. The molecule has 0 bridgehead atoms. The van der Waals surface area contributed by atoms with E-state index in [1.807, 2.05) is 11.0 Å². The fourth-order valence-corrected chi connectivity index (χ4v) is 4.80. The number of hydrogen-bond acceptors (Lipinski definition) is 6. The van der Waals surface area contributed by atoms with E-state index in [1.54, 1.807) is 30.6 Å². The molecule has 0 saturated carbocycles. The molecule has 7 nitrogen and oxygen atoms in total. The van der Waals surface area contributed by atoms with Crippen LogP contribution in [0.3, 0.4) is 0 Å². The average molecular weight is 554 g/mol. The Hall–Kier alpha value is -3.77. The van der Waals surface area contributed by atoms with Crippen molar-refractivity contribution in [2.75, 3.05) is 37.7 Å². The highest BCUT2D eigenvalue weighted by Crippen LogP contribution is 2.26. The Morgan fingerprint density at radius 3 is 2.28 bits per heavy atom. The van der Waals surface area contributed by atoms with Gasteiger partial charge >= 0.3 is 0 Å². The number of carbonyl (C=O) groups is 1. The van der Waals surface area contributed by atoms with Crippen molar-refractivity contribution in [2.24, 2.45) is 11.8 Å². The lowest BCUT2D eigenvalue weighted by Gasteiger charge is -2.37. The van der Waals surface area contributed by atoms with E-state index in [0.717, 1.165) is 69.8 Å². The minimum Gasteiger partial charge on any atom is -0.477 e. The molecule has 10 heteroatoms. The molecule has 0 aliphatic carbocycles. The second kappa shape index (κ2) is 13.9. The van der Waals surface area contributed by atoms with Gasteiger partial charge in [0.1, 0.15) is 5.82 Å². The Balaban J connectivity index is 0.000000379. The van der Waals surface area contributed by atoms with Crippen molar-refractivity contribution < 1.29 is 18.3 Å². The number of nitriles is 1. The van der Waals surface area contributed by atoms with E-state index in [2.05, 4.69) is 20.9 Å². The number of rotatable bonds is 5. The van der Waals surface area contributed by atoms with E-state index in [0.29, 0.717) is 29.0 Å². The number of pyridine rings is 2. The van der Waals surface area contributed by atoms with Crippen LogP contribution in [0.25, 0.3) is 0 Å². The lowest BCUT2D eigenvalue weighted by atomic mass is 9.92. The molecule has 0 radical (unpaired) electrons. The second-order valence-corrected chi connectivity index (χ2v) is 10.0. The van der Waals surface area contributed by atoms with Crippen molar-refractivity contribution in [1.82, 2.24) is 14.9 Å².